The minimum absolute atomic E-state index is 0.0419. The van der Waals surface area contributed by atoms with E-state index in [1.807, 2.05) is 0 Å². The van der Waals surface area contributed by atoms with Crippen LogP contribution in [0.15, 0.2) is 53.6 Å². The largest absolute Gasteiger partial charge is 0.434 e. The maximum absolute atomic E-state index is 12.8. The van der Waals surface area contributed by atoms with Crippen LogP contribution in [0.2, 0.25) is 0 Å². The van der Waals surface area contributed by atoms with E-state index in [1.54, 1.807) is 25.1 Å². The molecule has 7 heteroatoms. The number of carbonyl (C=O) groups is 1. The quantitative estimate of drug-likeness (QED) is 0.676. The molecule has 0 aliphatic heterocycles. The summed E-state index contributed by atoms with van der Waals surface area (Å²) in [5.41, 5.74) is 3.12. The van der Waals surface area contributed by atoms with Crippen molar-refractivity contribution in [3.63, 3.8) is 0 Å². The zero-order valence-corrected chi connectivity index (χ0v) is 12.1. The Hall–Kier alpha value is -2.83. The van der Waals surface area contributed by atoms with Gasteiger partial charge in [0.15, 0.2) is 0 Å². The second-order valence-corrected chi connectivity index (χ2v) is 4.52. The number of hydrazone groups is 1. The van der Waals surface area contributed by atoms with Crippen LogP contribution in [0.25, 0.3) is 0 Å². The van der Waals surface area contributed by atoms with Gasteiger partial charge in [-0.1, -0.05) is 12.1 Å². The van der Waals surface area contributed by atoms with Crippen LogP contribution in [0.4, 0.5) is 13.2 Å². The SMILES string of the molecule is C/C(=N\NC(=O)c1ccc(F)cc1)c1ccccc1OC(F)F. The lowest BCUT2D eigenvalue weighted by atomic mass is 10.1. The highest BCUT2D eigenvalue weighted by atomic mass is 19.3. The second-order valence-electron chi connectivity index (χ2n) is 4.52. The average molecular weight is 322 g/mol. The molecule has 120 valence electrons. The molecule has 2 rings (SSSR count). The Morgan fingerprint density at radius 2 is 1.78 bits per heavy atom. The fraction of sp³-hybridized carbons (Fsp3) is 0.125. The van der Waals surface area contributed by atoms with Crippen LogP contribution >= 0.6 is 0 Å². The molecule has 0 aliphatic carbocycles. The van der Waals surface area contributed by atoms with E-state index >= 15 is 0 Å². The Morgan fingerprint density at radius 3 is 2.43 bits per heavy atom. The Balaban J connectivity index is 2.14. The number of para-hydroxylation sites is 1. The lowest BCUT2D eigenvalue weighted by Crippen LogP contribution is -2.19. The third-order valence-electron chi connectivity index (χ3n) is 2.92. The number of ether oxygens (including phenoxy) is 1. The van der Waals surface area contributed by atoms with Gasteiger partial charge in [-0.05, 0) is 43.3 Å². The zero-order chi connectivity index (χ0) is 16.8. The summed E-state index contributed by atoms with van der Waals surface area (Å²) in [5.74, 6) is -1.05. The summed E-state index contributed by atoms with van der Waals surface area (Å²) in [5, 5.41) is 3.86. The molecular weight excluding hydrogens is 309 g/mol. The predicted octanol–water partition coefficient (Wildman–Crippen LogP) is 3.58. The number of rotatable bonds is 5. The Morgan fingerprint density at radius 1 is 1.13 bits per heavy atom. The Bertz CT molecular complexity index is 716. The summed E-state index contributed by atoms with van der Waals surface area (Å²) < 4.78 is 41.9. The molecule has 0 atom stereocenters. The van der Waals surface area contributed by atoms with Crippen molar-refractivity contribution < 1.29 is 22.7 Å². The molecule has 0 heterocycles. The van der Waals surface area contributed by atoms with E-state index in [9.17, 15) is 18.0 Å². The van der Waals surface area contributed by atoms with Gasteiger partial charge in [0.25, 0.3) is 5.91 Å². The van der Waals surface area contributed by atoms with E-state index < -0.39 is 18.3 Å². The minimum Gasteiger partial charge on any atom is -0.434 e. The molecule has 0 aliphatic rings. The van der Waals surface area contributed by atoms with Gasteiger partial charge in [0, 0.05) is 11.1 Å². The fourth-order valence-electron chi connectivity index (χ4n) is 1.82. The first-order valence-corrected chi connectivity index (χ1v) is 6.62. The molecule has 2 aromatic rings. The highest BCUT2D eigenvalue weighted by Crippen LogP contribution is 2.20. The van der Waals surface area contributed by atoms with Gasteiger partial charge in [0.05, 0.1) is 5.71 Å². The normalized spacial score (nSPS) is 11.4. The van der Waals surface area contributed by atoms with Crippen LogP contribution < -0.4 is 10.2 Å². The van der Waals surface area contributed by atoms with Crippen molar-refractivity contribution in [1.82, 2.24) is 5.43 Å². The standard InChI is InChI=1S/C16H13F3N2O2/c1-10(13-4-2-3-5-14(13)23-16(18)19)20-21-15(22)11-6-8-12(17)9-7-11/h2-9,16H,1H3,(H,21,22)/b20-10+. The first-order chi connectivity index (χ1) is 11.0. The van der Waals surface area contributed by atoms with Crippen LogP contribution in [0.3, 0.4) is 0 Å². The molecule has 0 radical (unpaired) electrons. The molecule has 0 saturated carbocycles. The predicted molar refractivity (Wildman–Crippen MR) is 79.2 cm³/mol. The first kappa shape index (κ1) is 16.5. The summed E-state index contributed by atoms with van der Waals surface area (Å²) in [6.07, 6.45) is 0. The zero-order valence-electron chi connectivity index (χ0n) is 12.1. The number of benzene rings is 2. The topological polar surface area (TPSA) is 50.7 Å². The minimum atomic E-state index is -2.96. The summed E-state index contributed by atoms with van der Waals surface area (Å²) >= 11 is 0. The van der Waals surface area contributed by atoms with Gasteiger partial charge in [0.1, 0.15) is 11.6 Å². The molecule has 1 amide bonds. The van der Waals surface area contributed by atoms with Crippen molar-refractivity contribution in [2.75, 3.05) is 0 Å². The average Bonchev–Trinajstić information content (AvgIpc) is 2.53. The van der Waals surface area contributed by atoms with E-state index in [2.05, 4.69) is 15.3 Å². The smallest absolute Gasteiger partial charge is 0.387 e. The first-order valence-electron chi connectivity index (χ1n) is 6.62. The number of hydrogen-bond acceptors (Lipinski definition) is 3. The van der Waals surface area contributed by atoms with Crippen LogP contribution in [0.5, 0.6) is 5.75 Å². The van der Waals surface area contributed by atoms with E-state index in [1.165, 1.54) is 18.2 Å². The van der Waals surface area contributed by atoms with Crippen molar-refractivity contribution in [1.29, 1.82) is 0 Å². The number of carbonyl (C=O) groups excluding carboxylic acids is 1. The van der Waals surface area contributed by atoms with Crippen molar-refractivity contribution in [3.8, 4) is 5.75 Å². The molecular formula is C16H13F3N2O2. The van der Waals surface area contributed by atoms with Crippen molar-refractivity contribution >= 4 is 11.6 Å². The highest BCUT2D eigenvalue weighted by molar-refractivity contribution is 6.02. The van der Waals surface area contributed by atoms with Crippen molar-refractivity contribution in [2.24, 2.45) is 5.10 Å². The Labute approximate surface area is 130 Å². The third-order valence-corrected chi connectivity index (χ3v) is 2.92. The molecule has 2 aromatic carbocycles. The van der Waals surface area contributed by atoms with Gasteiger partial charge in [-0.15, -0.1) is 0 Å². The lowest BCUT2D eigenvalue weighted by Gasteiger charge is -2.10. The fourth-order valence-corrected chi connectivity index (χ4v) is 1.82. The summed E-state index contributed by atoms with van der Waals surface area (Å²) in [4.78, 5) is 11.9. The monoisotopic (exact) mass is 322 g/mol. The van der Waals surface area contributed by atoms with E-state index in [4.69, 9.17) is 0 Å². The molecule has 0 bridgehead atoms. The van der Waals surface area contributed by atoms with Crippen molar-refractivity contribution in [3.05, 3.63) is 65.5 Å². The summed E-state index contributed by atoms with van der Waals surface area (Å²) in [6, 6.07) is 11.0. The van der Waals surface area contributed by atoms with E-state index in [0.717, 1.165) is 12.1 Å². The number of alkyl halides is 2. The molecule has 1 N–H and O–H groups in total. The molecule has 0 aromatic heterocycles. The molecule has 0 saturated heterocycles. The van der Waals surface area contributed by atoms with Crippen LogP contribution in [-0.2, 0) is 0 Å². The summed E-state index contributed by atoms with van der Waals surface area (Å²) in [6.45, 7) is -1.42. The number of nitrogens with one attached hydrogen (secondary N) is 1. The van der Waals surface area contributed by atoms with Gasteiger partial charge in [-0.2, -0.15) is 13.9 Å². The maximum atomic E-state index is 12.8. The van der Waals surface area contributed by atoms with Crippen molar-refractivity contribution in [2.45, 2.75) is 13.5 Å². The molecule has 0 unspecified atom stereocenters. The highest BCUT2D eigenvalue weighted by Gasteiger charge is 2.12. The van der Waals surface area contributed by atoms with E-state index in [0.29, 0.717) is 5.56 Å². The number of amides is 1. The molecule has 23 heavy (non-hydrogen) atoms. The lowest BCUT2D eigenvalue weighted by molar-refractivity contribution is -0.0499. The molecule has 4 nitrogen and oxygen atoms in total. The number of hydrogen-bond donors (Lipinski definition) is 1. The van der Waals surface area contributed by atoms with E-state index in [-0.39, 0.29) is 17.0 Å². The van der Waals surface area contributed by atoms with Crippen LogP contribution in [0, 0.1) is 5.82 Å². The van der Waals surface area contributed by atoms with Gasteiger partial charge in [0.2, 0.25) is 0 Å². The molecule has 0 spiro atoms. The van der Waals surface area contributed by atoms with Gasteiger partial charge < -0.3 is 4.74 Å². The molecule has 0 fully saturated rings. The second kappa shape index (κ2) is 7.44. The van der Waals surface area contributed by atoms with Gasteiger partial charge in [-0.25, -0.2) is 9.82 Å². The number of halogens is 3. The number of nitrogens with zero attached hydrogens (tertiary/aromatic N) is 1. The van der Waals surface area contributed by atoms with Gasteiger partial charge in [-0.3, -0.25) is 4.79 Å². The van der Waals surface area contributed by atoms with Gasteiger partial charge >= 0.3 is 6.61 Å². The van der Waals surface area contributed by atoms with Crippen LogP contribution in [-0.4, -0.2) is 18.2 Å². The summed E-state index contributed by atoms with van der Waals surface area (Å²) in [7, 11) is 0. The van der Waals surface area contributed by atoms with Crippen LogP contribution in [0.1, 0.15) is 22.8 Å². The third kappa shape index (κ3) is 4.57. The maximum Gasteiger partial charge on any atom is 0.387 e. The Kier molecular flexibility index (Phi) is 5.35.